The van der Waals surface area contributed by atoms with Crippen LogP contribution in [0.5, 0.6) is 5.75 Å². The van der Waals surface area contributed by atoms with E-state index >= 15 is 0 Å². The maximum atomic E-state index is 12.5. The van der Waals surface area contributed by atoms with Crippen molar-refractivity contribution in [3.63, 3.8) is 0 Å². The van der Waals surface area contributed by atoms with Crippen LogP contribution in [0.3, 0.4) is 0 Å². The molecule has 1 aromatic carbocycles. The Morgan fingerprint density at radius 1 is 1.46 bits per heavy atom. The molecule has 1 fully saturated rings. The lowest BCUT2D eigenvalue weighted by Gasteiger charge is -2.20. The van der Waals surface area contributed by atoms with Gasteiger partial charge >= 0.3 is 5.97 Å². The van der Waals surface area contributed by atoms with E-state index in [1.807, 2.05) is 19.1 Å². The maximum Gasteiger partial charge on any atom is 0.326 e. The molecule has 2 unspecified atom stereocenters. The lowest BCUT2D eigenvalue weighted by atomic mass is 10.1. The van der Waals surface area contributed by atoms with Crippen molar-refractivity contribution in [3.8, 4) is 5.75 Å². The minimum atomic E-state index is -1.10. The molecule has 0 saturated carbocycles. The average molecular weight is 360 g/mol. The van der Waals surface area contributed by atoms with Crippen LogP contribution in [-0.4, -0.2) is 42.6 Å². The van der Waals surface area contributed by atoms with Crippen LogP contribution in [0.15, 0.2) is 30.4 Å². The van der Waals surface area contributed by atoms with Crippen molar-refractivity contribution in [1.82, 2.24) is 5.32 Å². The monoisotopic (exact) mass is 360 g/mol. The van der Waals surface area contributed by atoms with Crippen LogP contribution in [0.2, 0.25) is 0 Å². The van der Waals surface area contributed by atoms with Gasteiger partial charge in [-0.2, -0.15) is 0 Å². The van der Waals surface area contributed by atoms with Crippen LogP contribution < -0.4 is 15.0 Å². The molecule has 0 radical (unpaired) electrons. The number of anilines is 1. The van der Waals surface area contributed by atoms with Gasteiger partial charge in [0.05, 0.1) is 18.7 Å². The molecule has 7 heteroatoms. The van der Waals surface area contributed by atoms with Crippen molar-refractivity contribution in [2.24, 2.45) is 5.92 Å². The predicted molar refractivity (Wildman–Crippen MR) is 97.2 cm³/mol. The van der Waals surface area contributed by atoms with Gasteiger partial charge in [0.25, 0.3) is 0 Å². The van der Waals surface area contributed by atoms with Crippen LogP contribution in [-0.2, 0) is 14.4 Å². The van der Waals surface area contributed by atoms with E-state index in [9.17, 15) is 19.5 Å². The fraction of sp³-hybridized carbons (Fsp3) is 0.421. The van der Waals surface area contributed by atoms with Gasteiger partial charge in [-0.1, -0.05) is 18.2 Å². The lowest BCUT2D eigenvalue weighted by Crippen LogP contribution is -2.44. The number of aliphatic carboxylic acids is 1. The lowest BCUT2D eigenvalue weighted by molar-refractivity contribution is -0.142. The predicted octanol–water partition coefficient (Wildman–Crippen LogP) is 1.89. The first kappa shape index (κ1) is 19.5. The Balaban J connectivity index is 2.12. The first-order chi connectivity index (χ1) is 12.4. The third kappa shape index (κ3) is 4.41. The number of amides is 2. The normalized spacial score (nSPS) is 18.2. The molecule has 140 valence electrons. The Morgan fingerprint density at radius 2 is 2.19 bits per heavy atom. The van der Waals surface area contributed by atoms with Crippen LogP contribution in [0.25, 0.3) is 0 Å². The highest BCUT2D eigenvalue weighted by atomic mass is 16.5. The second kappa shape index (κ2) is 8.51. The van der Waals surface area contributed by atoms with Crippen molar-refractivity contribution in [1.29, 1.82) is 0 Å². The molecule has 1 aromatic rings. The Kier molecular flexibility index (Phi) is 6.38. The second-order valence-corrected chi connectivity index (χ2v) is 6.28. The summed E-state index contributed by atoms with van der Waals surface area (Å²) in [5.74, 6) is -1.75. The van der Waals surface area contributed by atoms with Crippen molar-refractivity contribution in [2.75, 3.05) is 18.6 Å². The van der Waals surface area contributed by atoms with Crippen molar-refractivity contribution < 1.29 is 24.2 Å². The highest BCUT2D eigenvalue weighted by molar-refractivity contribution is 6.01. The third-order valence-electron chi connectivity index (χ3n) is 4.34. The van der Waals surface area contributed by atoms with E-state index < -0.39 is 23.8 Å². The number of carbonyl (C=O) groups excluding carboxylic acids is 2. The van der Waals surface area contributed by atoms with Crippen LogP contribution in [0.1, 0.15) is 25.3 Å². The smallest absolute Gasteiger partial charge is 0.326 e. The summed E-state index contributed by atoms with van der Waals surface area (Å²) in [6, 6.07) is 4.49. The van der Waals surface area contributed by atoms with Crippen molar-refractivity contribution >= 4 is 23.5 Å². The molecular formula is C19H24N2O5. The van der Waals surface area contributed by atoms with Crippen molar-refractivity contribution in [3.05, 3.63) is 35.9 Å². The summed E-state index contributed by atoms with van der Waals surface area (Å²) < 4.78 is 5.32. The number of aryl methyl sites for hydroxylation is 1. The fourth-order valence-electron chi connectivity index (χ4n) is 2.91. The zero-order valence-corrected chi connectivity index (χ0v) is 15.2. The van der Waals surface area contributed by atoms with E-state index in [2.05, 4.69) is 5.32 Å². The summed E-state index contributed by atoms with van der Waals surface area (Å²) in [6.07, 6.45) is 3.66. The molecule has 1 aliphatic rings. The van der Waals surface area contributed by atoms with E-state index in [4.69, 9.17) is 4.74 Å². The van der Waals surface area contributed by atoms with Gasteiger partial charge in [0.2, 0.25) is 11.8 Å². The zero-order valence-electron chi connectivity index (χ0n) is 15.2. The molecule has 2 atom stereocenters. The fourth-order valence-corrected chi connectivity index (χ4v) is 2.91. The number of carboxylic acid groups (broad SMARTS) is 1. The molecule has 7 nitrogen and oxygen atoms in total. The summed E-state index contributed by atoms with van der Waals surface area (Å²) in [5.41, 5.74) is 1.59. The third-order valence-corrected chi connectivity index (χ3v) is 4.34. The van der Waals surface area contributed by atoms with Crippen LogP contribution in [0.4, 0.5) is 5.69 Å². The quantitative estimate of drug-likeness (QED) is 0.724. The van der Waals surface area contributed by atoms with Crippen molar-refractivity contribution in [2.45, 2.75) is 32.7 Å². The molecule has 0 aromatic heterocycles. The van der Waals surface area contributed by atoms with Gasteiger partial charge in [-0.3, -0.25) is 9.59 Å². The second-order valence-electron chi connectivity index (χ2n) is 6.28. The Hall–Kier alpha value is -2.83. The topological polar surface area (TPSA) is 95.9 Å². The van der Waals surface area contributed by atoms with Crippen LogP contribution in [0, 0.1) is 12.8 Å². The number of nitrogens with zero attached hydrogens (tertiary/aromatic N) is 1. The molecule has 1 saturated heterocycles. The molecule has 2 rings (SSSR count). The Bertz CT molecular complexity index is 729. The Labute approximate surface area is 152 Å². The number of hydrogen-bond acceptors (Lipinski definition) is 4. The Morgan fingerprint density at radius 3 is 2.81 bits per heavy atom. The number of nitrogens with one attached hydrogen (secondary N) is 1. The SMILES string of the molecule is C/C=C/CC(NC(=O)C1CC(=O)N(c2cc(C)ccc2OC)C1)C(=O)O. The standard InChI is InChI=1S/C19H24N2O5/c1-4-5-6-14(19(24)25)20-18(23)13-10-17(22)21(11-13)15-9-12(2)7-8-16(15)26-3/h4-5,7-9,13-14H,6,10-11H2,1-3H3,(H,20,23)(H,24,25)/b5-4+. The minimum Gasteiger partial charge on any atom is -0.495 e. The molecule has 1 aliphatic heterocycles. The first-order valence-electron chi connectivity index (χ1n) is 8.46. The number of hydrogen-bond donors (Lipinski definition) is 2. The number of carboxylic acids is 1. The highest BCUT2D eigenvalue weighted by Crippen LogP contribution is 2.33. The molecular weight excluding hydrogens is 336 g/mol. The van der Waals surface area contributed by atoms with Crippen LogP contribution >= 0.6 is 0 Å². The van der Waals surface area contributed by atoms with E-state index in [1.165, 1.54) is 12.0 Å². The summed E-state index contributed by atoms with van der Waals surface area (Å²) >= 11 is 0. The maximum absolute atomic E-state index is 12.5. The van der Waals surface area contributed by atoms with E-state index in [1.54, 1.807) is 25.1 Å². The van der Waals surface area contributed by atoms with Gasteiger partial charge in [-0.25, -0.2) is 4.79 Å². The molecule has 0 spiro atoms. The first-order valence-corrected chi connectivity index (χ1v) is 8.46. The molecule has 26 heavy (non-hydrogen) atoms. The molecule has 0 bridgehead atoms. The van der Waals surface area contributed by atoms with Gasteiger partial charge in [0.15, 0.2) is 0 Å². The number of rotatable bonds is 7. The molecule has 0 aliphatic carbocycles. The van der Waals surface area contributed by atoms with Gasteiger partial charge in [-0.15, -0.1) is 0 Å². The highest BCUT2D eigenvalue weighted by Gasteiger charge is 2.37. The molecule has 2 amide bonds. The number of allylic oxidation sites excluding steroid dienone is 1. The van der Waals surface area contributed by atoms with Gasteiger partial charge in [0, 0.05) is 13.0 Å². The average Bonchev–Trinajstić information content (AvgIpc) is 2.99. The zero-order chi connectivity index (χ0) is 19.3. The summed E-state index contributed by atoms with van der Waals surface area (Å²) in [6.45, 7) is 3.89. The molecule has 2 N–H and O–H groups in total. The van der Waals surface area contributed by atoms with E-state index in [0.717, 1.165) is 5.56 Å². The van der Waals surface area contributed by atoms with Gasteiger partial charge in [0.1, 0.15) is 11.8 Å². The number of methoxy groups -OCH3 is 1. The molecule has 1 heterocycles. The number of ether oxygens (including phenoxy) is 1. The number of benzene rings is 1. The summed E-state index contributed by atoms with van der Waals surface area (Å²) in [5, 5.41) is 11.8. The largest absolute Gasteiger partial charge is 0.495 e. The van der Waals surface area contributed by atoms with E-state index in [-0.39, 0.29) is 25.3 Å². The van der Waals surface area contributed by atoms with Gasteiger partial charge in [-0.05, 0) is 38.0 Å². The van der Waals surface area contributed by atoms with E-state index in [0.29, 0.717) is 11.4 Å². The number of carbonyl (C=O) groups is 3. The minimum absolute atomic E-state index is 0.0406. The summed E-state index contributed by atoms with van der Waals surface area (Å²) in [7, 11) is 1.53. The summed E-state index contributed by atoms with van der Waals surface area (Å²) in [4.78, 5) is 37.7. The van der Waals surface area contributed by atoms with Gasteiger partial charge < -0.3 is 20.1 Å².